The molecule has 10 nitrogen and oxygen atoms in total. The molecule has 2 aliphatic carbocycles. The third-order valence-corrected chi connectivity index (χ3v) is 9.38. The van der Waals surface area contributed by atoms with Gasteiger partial charge < -0.3 is 28.4 Å². The molecule has 0 aromatic rings. The van der Waals surface area contributed by atoms with Crippen LogP contribution in [0.2, 0.25) is 0 Å². The number of epoxide rings is 1. The van der Waals surface area contributed by atoms with E-state index in [0.29, 0.717) is 19.4 Å². The average Bonchev–Trinajstić information content (AvgIpc) is 3.66. The number of ether oxygens (including phenoxy) is 6. The molecule has 2 saturated heterocycles. The first-order valence-electron chi connectivity index (χ1n) is 13.5. The molecule has 0 unspecified atom stereocenters. The molecule has 3 fully saturated rings. The molecular formula is C29H36O10. The highest BCUT2D eigenvalue weighted by atomic mass is 16.6. The van der Waals surface area contributed by atoms with Crippen LogP contribution in [0.4, 0.5) is 0 Å². The number of cyclic esters (lactones) is 2. The van der Waals surface area contributed by atoms with Gasteiger partial charge in [-0.05, 0) is 26.2 Å². The minimum absolute atomic E-state index is 0.00601. The lowest BCUT2D eigenvalue weighted by atomic mass is 9.51. The van der Waals surface area contributed by atoms with Gasteiger partial charge in [-0.1, -0.05) is 37.6 Å². The standard InChI is InChI=1S/C29H36O10/c1-17-9-11-28-15-35-26(33)25(37-19(3)30)18(2)10-12-34-23(31)7-5-6-8-24(32)39-20-14-22(38-21(28)13-17)29(16-36-29)27(20,28)4/h5-8,13,18,20-22,25H,9-12,14-16H2,1-4H3/b7-5+,8-6-/t18-,20-,21-,22-,25+,27-,28-,29+/m1/s1. The molecule has 8 atom stereocenters. The zero-order valence-corrected chi connectivity index (χ0v) is 22.8. The Labute approximate surface area is 227 Å². The highest BCUT2D eigenvalue weighted by molar-refractivity contribution is 5.84. The van der Waals surface area contributed by atoms with Crippen molar-refractivity contribution >= 4 is 23.9 Å². The predicted octanol–water partition coefficient (Wildman–Crippen LogP) is 2.74. The number of carbonyl (C=O) groups is 4. The first-order valence-corrected chi connectivity index (χ1v) is 13.5. The number of hydrogen-bond donors (Lipinski definition) is 0. The van der Waals surface area contributed by atoms with Crippen molar-refractivity contribution in [1.82, 2.24) is 0 Å². The van der Waals surface area contributed by atoms with Crippen molar-refractivity contribution in [2.45, 2.75) is 83.4 Å². The van der Waals surface area contributed by atoms with Gasteiger partial charge in [0.25, 0.3) is 0 Å². The highest BCUT2D eigenvalue weighted by Gasteiger charge is 2.83. The summed E-state index contributed by atoms with van der Waals surface area (Å²) in [5.74, 6) is -2.94. The van der Waals surface area contributed by atoms with E-state index >= 15 is 0 Å². The Morgan fingerprint density at radius 3 is 2.46 bits per heavy atom. The first kappa shape index (κ1) is 27.6. The van der Waals surface area contributed by atoms with Crippen LogP contribution in [-0.4, -0.2) is 73.7 Å². The maximum absolute atomic E-state index is 13.5. The molecule has 5 aliphatic rings. The van der Waals surface area contributed by atoms with Crippen LogP contribution in [0.3, 0.4) is 0 Å². The van der Waals surface area contributed by atoms with Crippen LogP contribution in [0.25, 0.3) is 0 Å². The van der Waals surface area contributed by atoms with E-state index in [4.69, 9.17) is 28.4 Å². The molecule has 1 saturated carbocycles. The number of rotatable bonds is 1. The summed E-state index contributed by atoms with van der Waals surface area (Å²) < 4.78 is 35.3. The van der Waals surface area contributed by atoms with E-state index in [1.807, 2.05) is 6.92 Å². The van der Waals surface area contributed by atoms with Gasteiger partial charge in [0, 0.05) is 36.8 Å². The van der Waals surface area contributed by atoms with Gasteiger partial charge in [-0.2, -0.15) is 0 Å². The van der Waals surface area contributed by atoms with Crippen LogP contribution in [0.1, 0.15) is 53.4 Å². The highest BCUT2D eigenvalue weighted by Crippen LogP contribution is 2.72. The summed E-state index contributed by atoms with van der Waals surface area (Å²) in [5, 5.41) is 0. The Morgan fingerprint density at radius 2 is 1.77 bits per heavy atom. The number of esters is 4. The van der Waals surface area contributed by atoms with E-state index in [9.17, 15) is 19.2 Å². The largest absolute Gasteiger partial charge is 0.463 e. The van der Waals surface area contributed by atoms with E-state index < -0.39 is 58.4 Å². The van der Waals surface area contributed by atoms with Gasteiger partial charge in [-0.25, -0.2) is 14.4 Å². The quantitative estimate of drug-likeness (QED) is 0.210. The fraction of sp³-hybridized carbons (Fsp3) is 0.655. The van der Waals surface area contributed by atoms with E-state index in [1.54, 1.807) is 6.92 Å². The number of carbonyl (C=O) groups excluding carboxylic acids is 4. The molecule has 0 aromatic heterocycles. The summed E-state index contributed by atoms with van der Waals surface area (Å²) in [5.41, 5.74) is -0.944. The van der Waals surface area contributed by atoms with Gasteiger partial charge in [-0.15, -0.1) is 0 Å². The summed E-state index contributed by atoms with van der Waals surface area (Å²) in [6.07, 6.45) is 7.10. The molecule has 2 bridgehead atoms. The Bertz CT molecular complexity index is 1130. The van der Waals surface area contributed by atoms with Crippen LogP contribution in [-0.2, 0) is 47.6 Å². The molecule has 3 aliphatic heterocycles. The summed E-state index contributed by atoms with van der Waals surface area (Å²) in [7, 11) is 0. The van der Waals surface area contributed by atoms with E-state index in [1.165, 1.54) is 36.8 Å². The Kier molecular flexibility index (Phi) is 7.22. The number of hydrogen-bond acceptors (Lipinski definition) is 10. The van der Waals surface area contributed by atoms with Gasteiger partial charge in [0.1, 0.15) is 18.3 Å². The van der Waals surface area contributed by atoms with Crippen LogP contribution >= 0.6 is 0 Å². The lowest BCUT2D eigenvalue weighted by Crippen LogP contribution is -2.67. The molecule has 10 heteroatoms. The van der Waals surface area contributed by atoms with Gasteiger partial charge in [-0.3, -0.25) is 4.79 Å². The smallest absolute Gasteiger partial charge is 0.347 e. The SMILES string of the molecule is CC(=O)O[C@@H]1C(=O)OC[C@]23CCC(C)=C[C@H]2O[C@@H]2C[C@@H](OC(=O)/C=C\C=C\C(=O)OCC[C@H]1C)[C@@]3(C)[C@]21CO1. The molecule has 3 heterocycles. The second kappa shape index (κ2) is 10.2. The maximum atomic E-state index is 13.5. The van der Waals surface area contributed by atoms with Crippen molar-refractivity contribution in [3.63, 3.8) is 0 Å². The van der Waals surface area contributed by atoms with Gasteiger partial charge in [0.15, 0.2) is 0 Å². The summed E-state index contributed by atoms with van der Waals surface area (Å²) >= 11 is 0. The zero-order chi connectivity index (χ0) is 28.0. The summed E-state index contributed by atoms with van der Waals surface area (Å²) in [6.45, 7) is 7.51. The molecule has 39 heavy (non-hydrogen) atoms. The van der Waals surface area contributed by atoms with Crippen molar-refractivity contribution in [2.75, 3.05) is 19.8 Å². The lowest BCUT2D eigenvalue weighted by molar-refractivity contribution is -0.235. The van der Waals surface area contributed by atoms with Crippen LogP contribution in [0, 0.1) is 16.7 Å². The molecule has 0 radical (unpaired) electrons. The molecule has 0 aromatic carbocycles. The topological polar surface area (TPSA) is 127 Å². The van der Waals surface area contributed by atoms with Gasteiger partial charge in [0.2, 0.25) is 6.10 Å². The normalized spacial score (nSPS) is 43.9. The molecule has 0 N–H and O–H groups in total. The molecule has 2 spiro atoms. The summed E-state index contributed by atoms with van der Waals surface area (Å²) in [4.78, 5) is 50.2. The van der Waals surface area contributed by atoms with Crippen molar-refractivity contribution in [1.29, 1.82) is 0 Å². The van der Waals surface area contributed by atoms with Crippen molar-refractivity contribution in [3.8, 4) is 0 Å². The monoisotopic (exact) mass is 544 g/mol. The van der Waals surface area contributed by atoms with Crippen molar-refractivity contribution in [2.24, 2.45) is 16.7 Å². The van der Waals surface area contributed by atoms with E-state index in [0.717, 1.165) is 6.42 Å². The molecule has 5 rings (SSSR count). The minimum Gasteiger partial charge on any atom is -0.463 e. The fourth-order valence-electron chi connectivity index (χ4n) is 6.98. The van der Waals surface area contributed by atoms with Crippen LogP contribution in [0.15, 0.2) is 36.0 Å². The van der Waals surface area contributed by atoms with Gasteiger partial charge in [0.05, 0.1) is 30.8 Å². The Balaban J connectivity index is 1.54. The zero-order valence-electron chi connectivity index (χ0n) is 22.8. The Hall–Kier alpha value is -2.98. The number of allylic oxidation sites excluding steroid dienone is 3. The average molecular weight is 545 g/mol. The van der Waals surface area contributed by atoms with Crippen molar-refractivity contribution in [3.05, 3.63) is 36.0 Å². The van der Waals surface area contributed by atoms with E-state index in [2.05, 4.69) is 13.0 Å². The first-order chi connectivity index (χ1) is 18.5. The predicted molar refractivity (Wildman–Crippen MR) is 135 cm³/mol. The van der Waals surface area contributed by atoms with Crippen LogP contribution < -0.4 is 0 Å². The maximum Gasteiger partial charge on any atom is 0.347 e. The Morgan fingerprint density at radius 1 is 1.05 bits per heavy atom. The van der Waals surface area contributed by atoms with Crippen molar-refractivity contribution < 1.29 is 47.6 Å². The van der Waals surface area contributed by atoms with E-state index in [-0.39, 0.29) is 31.8 Å². The minimum atomic E-state index is -1.18. The summed E-state index contributed by atoms with van der Waals surface area (Å²) in [6, 6.07) is 0. The fourth-order valence-corrected chi connectivity index (χ4v) is 6.98. The third-order valence-electron chi connectivity index (χ3n) is 9.38. The molecule has 212 valence electrons. The van der Waals surface area contributed by atoms with Crippen LogP contribution in [0.5, 0.6) is 0 Å². The third kappa shape index (κ3) is 4.61. The second-order valence-electron chi connectivity index (χ2n) is 11.5. The lowest BCUT2D eigenvalue weighted by Gasteiger charge is -2.58. The van der Waals surface area contributed by atoms with Gasteiger partial charge >= 0.3 is 23.9 Å². The molecule has 0 amide bonds. The molecular weight excluding hydrogens is 508 g/mol. The second-order valence-corrected chi connectivity index (χ2v) is 11.5.